The van der Waals surface area contributed by atoms with E-state index in [0.717, 1.165) is 37.9 Å². The second kappa shape index (κ2) is 12.7. The van der Waals surface area contributed by atoms with Crippen molar-refractivity contribution < 1.29 is 14.3 Å². The highest BCUT2D eigenvalue weighted by atomic mass is 35.5. The molecule has 1 fully saturated rings. The molecule has 1 unspecified atom stereocenters. The van der Waals surface area contributed by atoms with Crippen molar-refractivity contribution in [1.29, 1.82) is 0 Å². The van der Waals surface area contributed by atoms with Gasteiger partial charge >= 0.3 is 0 Å². The molecule has 146 valence electrons. The van der Waals surface area contributed by atoms with Gasteiger partial charge in [-0.3, -0.25) is 9.59 Å². The first-order valence-corrected chi connectivity index (χ1v) is 9.02. The Bertz CT molecular complexity index is 542. The van der Waals surface area contributed by atoms with Crippen LogP contribution >= 0.6 is 12.4 Å². The van der Waals surface area contributed by atoms with Crippen molar-refractivity contribution >= 4 is 24.2 Å². The predicted octanol–water partition coefficient (Wildman–Crippen LogP) is 1.90. The Morgan fingerprint density at radius 1 is 1.15 bits per heavy atom. The zero-order valence-corrected chi connectivity index (χ0v) is 16.2. The van der Waals surface area contributed by atoms with Crippen LogP contribution in [0.2, 0.25) is 0 Å². The van der Waals surface area contributed by atoms with E-state index in [1.54, 1.807) is 0 Å². The lowest BCUT2D eigenvalue weighted by atomic mass is 10.0. The van der Waals surface area contributed by atoms with Gasteiger partial charge in [0.05, 0.1) is 0 Å². The summed E-state index contributed by atoms with van der Waals surface area (Å²) in [7, 11) is 1.53. The number of carbonyl (C=O) groups is 2. The lowest BCUT2D eigenvalue weighted by Crippen LogP contribution is -2.37. The highest BCUT2D eigenvalue weighted by molar-refractivity contribution is 5.85. The predicted molar refractivity (Wildman–Crippen MR) is 104 cm³/mol. The number of benzene rings is 1. The first-order valence-electron chi connectivity index (χ1n) is 9.02. The number of rotatable bonds is 3. The molecule has 2 N–H and O–H groups in total. The smallest absolute Gasteiger partial charge is 0.248 e. The van der Waals surface area contributed by atoms with E-state index in [2.05, 4.69) is 10.6 Å². The molecule has 0 spiro atoms. The van der Waals surface area contributed by atoms with E-state index >= 15 is 0 Å². The van der Waals surface area contributed by atoms with Gasteiger partial charge in [0.15, 0.2) is 0 Å². The van der Waals surface area contributed by atoms with Crippen molar-refractivity contribution in [3.05, 3.63) is 35.9 Å². The lowest BCUT2D eigenvalue weighted by Gasteiger charge is -2.22. The second-order valence-electron chi connectivity index (χ2n) is 6.35. The Morgan fingerprint density at radius 3 is 2.62 bits per heavy atom. The molecule has 7 heteroatoms. The molecule has 1 aliphatic heterocycles. The summed E-state index contributed by atoms with van der Waals surface area (Å²) in [6, 6.07) is 10.1. The van der Waals surface area contributed by atoms with Crippen LogP contribution in [0.1, 0.15) is 37.3 Å². The molecule has 0 saturated carbocycles. The van der Waals surface area contributed by atoms with Crippen LogP contribution in [0.4, 0.5) is 0 Å². The molecule has 0 aliphatic carbocycles. The highest BCUT2D eigenvalue weighted by Crippen LogP contribution is 2.16. The van der Waals surface area contributed by atoms with Gasteiger partial charge in [-0.25, -0.2) is 0 Å². The van der Waals surface area contributed by atoms with Gasteiger partial charge in [-0.15, -0.1) is 12.4 Å². The summed E-state index contributed by atoms with van der Waals surface area (Å²) in [6.45, 7) is 2.89. The molecule has 2 rings (SSSR count). The number of hydrogen-bond donors (Lipinski definition) is 2. The van der Waals surface area contributed by atoms with Gasteiger partial charge in [-0.2, -0.15) is 0 Å². The molecule has 6 nitrogen and oxygen atoms in total. The fraction of sp³-hybridized carbons (Fsp3) is 0.579. The van der Waals surface area contributed by atoms with Gasteiger partial charge in [0.2, 0.25) is 11.8 Å². The van der Waals surface area contributed by atoms with Gasteiger partial charge in [-0.05, 0) is 31.4 Å². The van der Waals surface area contributed by atoms with E-state index in [9.17, 15) is 9.59 Å². The fourth-order valence-corrected chi connectivity index (χ4v) is 3.03. The van der Waals surface area contributed by atoms with Crippen molar-refractivity contribution in [2.75, 3.05) is 39.9 Å². The van der Waals surface area contributed by atoms with Crippen molar-refractivity contribution in [3.63, 3.8) is 0 Å². The monoisotopic (exact) mass is 383 g/mol. The summed E-state index contributed by atoms with van der Waals surface area (Å²) in [5.74, 6) is 0.0502. The minimum Gasteiger partial charge on any atom is -0.375 e. The topological polar surface area (TPSA) is 70.7 Å². The number of hydrogen-bond acceptors (Lipinski definition) is 4. The first-order chi connectivity index (χ1) is 12.2. The van der Waals surface area contributed by atoms with Crippen LogP contribution in [0, 0.1) is 0 Å². The minimum absolute atomic E-state index is 0. The Balaban J connectivity index is 0.00000338. The summed E-state index contributed by atoms with van der Waals surface area (Å²) < 4.78 is 4.96. The molecule has 1 heterocycles. The summed E-state index contributed by atoms with van der Waals surface area (Å²) in [5, 5.41) is 6.45. The van der Waals surface area contributed by atoms with E-state index < -0.39 is 0 Å². The van der Waals surface area contributed by atoms with Crippen LogP contribution in [0.15, 0.2) is 30.3 Å². The molecule has 2 amide bonds. The lowest BCUT2D eigenvalue weighted by molar-refractivity contribution is -0.135. The number of halogens is 1. The van der Waals surface area contributed by atoms with Crippen molar-refractivity contribution in [1.82, 2.24) is 15.5 Å². The Hall–Kier alpha value is -1.63. The molecule has 26 heavy (non-hydrogen) atoms. The summed E-state index contributed by atoms with van der Waals surface area (Å²) >= 11 is 0. The number of methoxy groups -OCH3 is 1. The SMILES string of the molecule is COCC(=O)N1CCCCNC(c2ccccc2)CC(=O)NCCC1.Cl. The van der Waals surface area contributed by atoms with Gasteiger partial charge < -0.3 is 20.3 Å². The Morgan fingerprint density at radius 2 is 1.88 bits per heavy atom. The molecule has 1 aliphatic rings. The number of ether oxygens (including phenoxy) is 1. The van der Waals surface area contributed by atoms with Crippen LogP contribution in [0.5, 0.6) is 0 Å². The summed E-state index contributed by atoms with van der Waals surface area (Å²) in [4.78, 5) is 26.2. The van der Waals surface area contributed by atoms with E-state index in [1.165, 1.54) is 7.11 Å². The van der Waals surface area contributed by atoms with E-state index in [4.69, 9.17) is 4.74 Å². The van der Waals surface area contributed by atoms with E-state index in [0.29, 0.717) is 19.5 Å². The number of nitrogens with one attached hydrogen (secondary N) is 2. The van der Waals surface area contributed by atoms with Gasteiger partial charge in [0, 0.05) is 39.2 Å². The Kier molecular flexibility index (Phi) is 10.9. The molecular formula is C19H30ClN3O3. The second-order valence-corrected chi connectivity index (χ2v) is 6.35. The summed E-state index contributed by atoms with van der Waals surface area (Å²) in [5.41, 5.74) is 1.13. The maximum atomic E-state index is 12.2. The average Bonchev–Trinajstić information content (AvgIpc) is 2.64. The molecule has 0 radical (unpaired) electrons. The third-order valence-electron chi connectivity index (χ3n) is 4.38. The average molecular weight is 384 g/mol. The van der Waals surface area contributed by atoms with Crippen LogP contribution in [-0.4, -0.2) is 56.6 Å². The molecule has 0 bridgehead atoms. The molecule has 1 aromatic carbocycles. The Labute approximate surface area is 162 Å². The number of nitrogens with zero attached hydrogens (tertiary/aromatic N) is 1. The van der Waals surface area contributed by atoms with Crippen LogP contribution in [-0.2, 0) is 14.3 Å². The quantitative estimate of drug-likeness (QED) is 0.836. The van der Waals surface area contributed by atoms with Gasteiger partial charge in [0.1, 0.15) is 6.61 Å². The highest BCUT2D eigenvalue weighted by Gasteiger charge is 2.17. The standard InChI is InChI=1S/C19H29N3O3.ClH/c1-25-15-19(24)22-12-6-5-10-20-17(16-8-3-2-4-9-16)14-18(23)21-11-7-13-22;/h2-4,8-9,17,20H,5-7,10-15H2,1H3,(H,21,23);1H. The fourth-order valence-electron chi connectivity index (χ4n) is 3.03. The van der Waals surface area contributed by atoms with Crippen LogP contribution in [0.25, 0.3) is 0 Å². The van der Waals surface area contributed by atoms with Crippen molar-refractivity contribution in [2.24, 2.45) is 0 Å². The number of carbonyl (C=O) groups excluding carboxylic acids is 2. The maximum Gasteiger partial charge on any atom is 0.248 e. The van der Waals surface area contributed by atoms with Crippen molar-refractivity contribution in [3.8, 4) is 0 Å². The van der Waals surface area contributed by atoms with E-state index in [1.807, 2.05) is 35.2 Å². The summed E-state index contributed by atoms with van der Waals surface area (Å²) in [6.07, 6.45) is 3.08. The minimum atomic E-state index is 0. The molecular weight excluding hydrogens is 354 g/mol. The zero-order chi connectivity index (χ0) is 17.9. The molecule has 1 atom stereocenters. The van der Waals surface area contributed by atoms with Gasteiger partial charge in [0.25, 0.3) is 0 Å². The van der Waals surface area contributed by atoms with Gasteiger partial charge in [-0.1, -0.05) is 30.3 Å². The van der Waals surface area contributed by atoms with Crippen LogP contribution < -0.4 is 10.6 Å². The zero-order valence-electron chi connectivity index (χ0n) is 15.4. The molecule has 0 aromatic heterocycles. The third kappa shape index (κ3) is 7.72. The normalized spacial score (nSPS) is 20.0. The number of amides is 2. The third-order valence-corrected chi connectivity index (χ3v) is 4.38. The van der Waals surface area contributed by atoms with E-state index in [-0.39, 0.29) is 36.9 Å². The molecule has 1 aromatic rings. The molecule has 1 saturated heterocycles. The van der Waals surface area contributed by atoms with Crippen molar-refractivity contribution in [2.45, 2.75) is 31.7 Å². The van der Waals surface area contributed by atoms with Crippen LogP contribution in [0.3, 0.4) is 0 Å². The largest absolute Gasteiger partial charge is 0.375 e. The maximum absolute atomic E-state index is 12.2. The first kappa shape index (κ1) is 22.4.